The molecule has 0 saturated heterocycles. The number of hydrogen-bond donors (Lipinski definition) is 1. The average Bonchev–Trinajstić information content (AvgIpc) is 2.63. The van der Waals surface area contributed by atoms with E-state index in [1.807, 2.05) is 0 Å². The number of nitro groups is 1. The number of hydrogen-bond acceptors (Lipinski definition) is 4. The Hall–Kier alpha value is -1.95. The minimum absolute atomic E-state index is 0.0473. The minimum atomic E-state index is -0.472. The van der Waals surface area contributed by atoms with E-state index < -0.39 is 4.92 Å². The molecule has 5 nitrogen and oxygen atoms in total. The first-order chi connectivity index (χ1) is 7.59. The van der Waals surface area contributed by atoms with Crippen LogP contribution >= 0.6 is 11.3 Å². The standard InChI is InChI=1S/C10H8N2O3S/c1-6(13)11-8-2-3-9-7(4-5-16-9)10(8)12(14)15/h2-5H,1H3,(H,11,13). The molecule has 2 rings (SSSR count). The second kappa shape index (κ2) is 3.90. The van der Waals surface area contributed by atoms with Gasteiger partial charge < -0.3 is 5.32 Å². The molecule has 1 N–H and O–H groups in total. The van der Waals surface area contributed by atoms with Crippen LogP contribution in [0.15, 0.2) is 23.6 Å². The van der Waals surface area contributed by atoms with Gasteiger partial charge in [-0.1, -0.05) is 0 Å². The van der Waals surface area contributed by atoms with Crippen LogP contribution < -0.4 is 5.32 Å². The van der Waals surface area contributed by atoms with Gasteiger partial charge in [0, 0.05) is 11.6 Å². The van der Waals surface area contributed by atoms with Crippen LogP contribution in [0.2, 0.25) is 0 Å². The van der Waals surface area contributed by atoms with E-state index in [2.05, 4.69) is 5.32 Å². The third-order valence-electron chi connectivity index (χ3n) is 2.10. The molecule has 0 atom stereocenters. The van der Waals surface area contributed by atoms with Crippen molar-refractivity contribution in [2.45, 2.75) is 6.92 Å². The summed E-state index contributed by atoms with van der Waals surface area (Å²) in [6.07, 6.45) is 0. The van der Waals surface area contributed by atoms with Gasteiger partial charge in [-0.15, -0.1) is 11.3 Å². The second-order valence-corrected chi connectivity index (χ2v) is 4.18. The van der Waals surface area contributed by atoms with Crippen molar-refractivity contribution in [2.75, 3.05) is 5.32 Å². The van der Waals surface area contributed by atoms with Crippen LogP contribution in [0, 0.1) is 10.1 Å². The number of fused-ring (bicyclic) bond motifs is 1. The number of carbonyl (C=O) groups is 1. The van der Waals surface area contributed by atoms with E-state index in [4.69, 9.17) is 0 Å². The Morgan fingerprint density at radius 1 is 1.44 bits per heavy atom. The molecule has 0 saturated carbocycles. The smallest absolute Gasteiger partial charge is 0.301 e. The maximum atomic E-state index is 11.0. The van der Waals surface area contributed by atoms with E-state index >= 15 is 0 Å². The average molecular weight is 236 g/mol. The van der Waals surface area contributed by atoms with E-state index in [1.165, 1.54) is 18.3 Å². The first kappa shape index (κ1) is 10.6. The molecule has 0 fully saturated rings. The maximum Gasteiger partial charge on any atom is 0.301 e. The highest BCUT2D eigenvalue weighted by Crippen LogP contribution is 2.35. The van der Waals surface area contributed by atoms with Crippen molar-refractivity contribution >= 4 is 38.7 Å². The molecule has 1 amide bonds. The van der Waals surface area contributed by atoms with Crippen molar-refractivity contribution in [3.8, 4) is 0 Å². The molecular weight excluding hydrogens is 228 g/mol. The molecule has 0 bridgehead atoms. The van der Waals surface area contributed by atoms with Crippen molar-refractivity contribution in [2.24, 2.45) is 0 Å². The van der Waals surface area contributed by atoms with Crippen LogP contribution in [0.25, 0.3) is 10.1 Å². The summed E-state index contributed by atoms with van der Waals surface area (Å²) in [5, 5.41) is 15.8. The van der Waals surface area contributed by atoms with Crippen molar-refractivity contribution in [3.05, 3.63) is 33.7 Å². The van der Waals surface area contributed by atoms with E-state index in [9.17, 15) is 14.9 Å². The Bertz CT molecular complexity index is 576. The summed E-state index contributed by atoms with van der Waals surface area (Å²) in [5.41, 5.74) is 0.192. The van der Waals surface area contributed by atoms with Gasteiger partial charge in [0.15, 0.2) is 0 Å². The SMILES string of the molecule is CC(=O)Nc1ccc2sccc2c1[N+](=O)[O-]. The lowest BCUT2D eigenvalue weighted by Gasteiger charge is -2.03. The number of amides is 1. The number of benzene rings is 1. The summed E-state index contributed by atoms with van der Waals surface area (Å²) in [6.45, 7) is 1.32. The molecule has 0 spiro atoms. The summed E-state index contributed by atoms with van der Waals surface area (Å²) in [5.74, 6) is -0.322. The number of nitrogens with zero attached hydrogens (tertiary/aromatic N) is 1. The second-order valence-electron chi connectivity index (χ2n) is 3.23. The fraction of sp³-hybridized carbons (Fsp3) is 0.100. The molecule has 1 heterocycles. The molecule has 1 aromatic carbocycles. The topological polar surface area (TPSA) is 72.2 Å². The molecule has 16 heavy (non-hydrogen) atoms. The molecule has 0 radical (unpaired) electrons. The monoisotopic (exact) mass is 236 g/mol. The third-order valence-corrected chi connectivity index (χ3v) is 2.98. The molecule has 0 aliphatic rings. The zero-order valence-electron chi connectivity index (χ0n) is 8.39. The van der Waals surface area contributed by atoms with Crippen molar-refractivity contribution in [3.63, 3.8) is 0 Å². The maximum absolute atomic E-state index is 11.0. The number of nitro benzene ring substituents is 1. The van der Waals surface area contributed by atoms with Gasteiger partial charge in [0.05, 0.1) is 10.3 Å². The molecular formula is C10H8N2O3S. The van der Waals surface area contributed by atoms with Crippen LogP contribution in [-0.4, -0.2) is 10.8 Å². The van der Waals surface area contributed by atoms with Crippen molar-refractivity contribution < 1.29 is 9.72 Å². The highest BCUT2D eigenvalue weighted by molar-refractivity contribution is 7.17. The lowest BCUT2D eigenvalue weighted by molar-refractivity contribution is -0.382. The summed E-state index contributed by atoms with van der Waals surface area (Å²) in [4.78, 5) is 21.4. The van der Waals surface area contributed by atoms with Crippen molar-refractivity contribution in [1.82, 2.24) is 0 Å². The van der Waals surface area contributed by atoms with Crippen LogP contribution in [0.3, 0.4) is 0 Å². The lowest BCUT2D eigenvalue weighted by atomic mass is 10.2. The van der Waals surface area contributed by atoms with E-state index in [1.54, 1.807) is 23.6 Å². The molecule has 2 aromatic rings. The molecule has 0 aliphatic heterocycles. The Morgan fingerprint density at radius 2 is 2.19 bits per heavy atom. The third kappa shape index (κ3) is 1.74. The first-order valence-corrected chi connectivity index (χ1v) is 5.40. The van der Waals surface area contributed by atoms with Gasteiger partial charge in [-0.05, 0) is 23.6 Å². The van der Waals surface area contributed by atoms with Crippen LogP contribution in [0.5, 0.6) is 0 Å². The zero-order valence-corrected chi connectivity index (χ0v) is 9.21. The quantitative estimate of drug-likeness (QED) is 0.643. The first-order valence-electron chi connectivity index (χ1n) is 4.52. The number of carbonyl (C=O) groups excluding carboxylic acids is 1. The lowest BCUT2D eigenvalue weighted by Crippen LogP contribution is -2.07. The van der Waals surface area contributed by atoms with Crippen LogP contribution in [0.1, 0.15) is 6.92 Å². The predicted octanol–water partition coefficient (Wildman–Crippen LogP) is 2.77. The van der Waals surface area contributed by atoms with Gasteiger partial charge in [-0.25, -0.2) is 0 Å². The van der Waals surface area contributed by atoms with Crippen molar-refractivity contribution in [1.29, 1.82) is 0 Å². The Balaban J connectivity index is 2.68. The minimum Gasteiger partial charge on any atom is -0.321 e. The fourth-order valence-electron chi connectivity index (χ4n) is 1.52. The molecule has 0 unspecified atom stereocenters. The van der Waals surface area contributed by atoms with E-state index in [-0.39, 0.29) is 17.3 Å². The van der Waals surface area contributed by atoms with Gasteiger partial charge in [0.25, 0.3) is 0 Å². The van der Waals surface area contributed by atoms with Gasteiger partial charge in [-0.2, -0.15) is 0 Å². The Morgan fingerprint density at radius 3 is 2.81 bits per heavy atom. The van der Waals surface area contributed by atoms with Gasteiger partial charge in [0.2, 0.25) is 5.91 Å². The predicted molar refractivity (Wildman–Crippen MR) is 62.8 cm³/mol. The fourth-order valence-corrected chi connectivity index (χ4v) is 2.30. The Labute approximate surface area is 94.8 Å². The largest absolute Gasteiger partial charge is 0.321 e. The Kier molecular flexibility index (Phi) is 2.57. The van der Waals surface area contributed by atoms with Gasteiger partial charge in [-0.3, -0.25) is 14.9 Å². The number of thiophene rings is 1. The number of rotatable bonds is 2. The van der Waals surface area contributed by atoms with Gasteiger partial charge in [0.1, 0.15) is 5.69 Å². The van der Waals surface area contributed by atoms with Crippen LogP contribution in [-0.2, 0) is 4.79 Å². The number of anilines is 1. The number of nitrogens with one attached hydrogen (secondary N) is 1. The van der Waals surface area contributed by atoms with E-state index in [0.717, 1.165) is 4.70 Å². The highest BCUT2D eigenvalue weighted by Gasteiger charge is 2.19. The molecule has 82 valence electrons. The summed E-state index contributed by atoms with van der Waals surface area (Å²) >= 11 is 1.43. The molecule has 1 aromatic heterocycles. The van der Waals surface area contributed by atoms with E-state index in [0.29, 0.717) is 5.39 Å². The summed E-state index contributed by atoms with van der Waals surface area (Å²) in [7, 11) is 0. The highest BCUT2D eigenvalue weighted by atomic mass is 32.1. The normalized spacial score (nSPS) is 10.3. The van der Waals surface area contributed by atoms with Gasteiger partial charge >= 0.3 is 5.69 Å². The summed E-state index contributed by atoms with van der Waals surface area (Å²) < 4.78 is 0.834. The van der Waals surface area contributed by atoms with Crippen LogP contribution in [0.4, 0.5) is 11.4 Å². The molecule has 0 aliphatic carbocycles. The molecule has 6 heteroatoms. The zero-order chi connectivity index (χ0) is 11.7. The summed E-state index contributed by atoms with van der Waals surface area (Å²) in [6, 6.07) is 5.00.